The SMILES string of the molecule is CC.Cc1ccc(-c2nc3cccc4n3c2CCN(P)C4=O)cc1. The molecule has 1 atom stereocenters. The lowest BCUT2D eigenvalue weighted by Crippen LogP contribution is -2.21. The summed E-state index contributed by atoms with van der Waals surface area (Å²) >= 11 is 0. The van der Waals surface area contributed by atoms with Crippen LogP contribution in [-0.2, 0) is 6.42 Å². The Bertz CT molecular complexity index is 884. The number of aryl methyl sites for hydroxylation is 1. The predicted octanol–water partition coefficient (Wildman–Crippen LogP) is 4.12. The molecular formula is C19H22N3OP. The van der Waals surface area contributed by atoms with Crippen molar-refractivity contribution >= 4 is 20.9 Å². The monoisotopic (exact) mass is 339 g/mol. The Hall–Kier alpha value is -2.19. The van der Waals surface area contributed by atoms with Gasteiger partial charge in [-0.1, -0.05) is 49.7 Å². The molecule has 0 spiro atoms. The molecular weight excluding hydrogens is 317 g/mol. The van der Waals surface area contributed by atoms with Crippen molar-refractivity contribution in [3.05, 3.63) is 59.4 Å². The van der Waals surface area contributed by atoms with Gasteiger partial charge in [-0.15, -0.1) is 0 Å². The van der Waals surface area contributed by atoms with E-state index < -0.39 is 0 Å². The van der Waals surface area contributed by atoms with Crippen LogP contribution in [0.3, 0.4) is 0 Å². The van der Waals surface area contributed by atoms with Gasteiger partial charge in [0, 0.05) is 18.5 Å². The largest absolute Gasteiger partial charge is 0.322 e. The third-order valence-electron chi connectivity index (χ3n) is 4.13. The van der Waals surface area contributed by atoms with Crippen LogP contribution < -0.4 is 0 Å². The van der Waals surface area contributed by atoms with Crippen molar-refractivity contribution in [2.45, 2.75) is 27.2 Å². The van der Waals surface area contributed by atoms with Gasteiger partial charge in [0.2, 0.25) is 0 Å². The first-order chi connectivity index (χ1) is 11.6. The van der Waals surface area contributed by atoms with E-state index in [4.69, 9.17) is 4.98 Å². The molecule has 3 heterocycles. The fourth-order valence-electron chi connectivity index (χ4n) is 2.97. The van der Waals surface area contributed by atoms with Crippen LogP contribution in [0.5, 0.6) is 0 Å². The summed E-state index contributed by atoms with van der Waals surface area (Å²) in [5, 5.41) is 0. The summed E-state index contributed by atoms with van der Waals surface area (Å²) in [6.45, 7) is 6.75. The Morgan fingerprint density at radius 2 is 1.79 bits per heavy atom. The Morgan fingerprint density at radius 1 is 1.08 bits per heavy atom. The Kier molecular flexibility index (Phi) is 4.68. The van der Waals surface area contributed by atoms with Gasteiger partial charge in [-0.05, 0) is 28.4 Å². The molecule has 0 saturated heterocycles. The fourth-order valence-corrected chi connectivity index (χ4v) is 3.23. The fraction of sp³-hybridized carbons (Fsp3) is 0.263. The standard InChI is InChI=1S/C17H16N3OP.C2H6/c1-11-5-7-12(8-6-11)16-13-9-10-19(22)17(21)14-3-2-4-15(18-16)20(13)14;1-2/h2-8H,9-10,22H2,1H3;1-2H3. The van der Waals surface area contributed by atoms with Gasteiger partial charge >= 0.3 is 0 Å². The summed E-state index contributed by atoms with van der Waals surface area (Å²) in [4.78, 5) is 17.2. The number of carbonyl (C=O) groups excluding carboxylic acids is 1. The second-order valence-electron chi connectivity index (χ2n) is 5.63. The van der Waals surface area contributed by atoms with Crippen LogP contribution in [0.25, 0.3) is 16.9 Å². The van der Waals surface area contributed by atoms with E-state index >= 15 is 0 Å². The molecule has 0 aliphatic carbocycles. The number of benzene rings is 1. The molecule has 4 nitrogen and oxygen atoms in total. The van der Waals surface area contributed by atoms with Gasteiger partial charge in [-0.2, -0.15) is 0 Å². The van der Waals surface area contributed by atoms with E-state index in [0.29, 0.717) is 12.2 Å². The van der Waals surface area contributed by atoms with Crippen LogP contribution in [0.1, 0.15) is 35.6 Å². The molecule has 124 valence electrons. The highest BCUT2D eigenvalue weighted by molar-refractivity contribution is 7.14. The predicted molar refractivity (Wildman–Crippen MR) is 101 cm³/mol. The maximum atomic E-state index is 12.5. The topological polar surface area (TPSA) is 37.6 Å². The summed E-state index contributed by atoms with van der Waals surface area (Å²) in [6.07, 6.45) is 0.788. The molecule has 5 heteroatoms. The molecule has 1 aromatic carbocycles. The average Bonchev–Trinajstić information content (AvgIpc) is 2.94. The van der Waals surface area contributed by atoms with Crippen LogP contribution >= 0.6 is 9.39 Å². The van der Waals surface area contributed by atoms with Crippen molar-refractivity contribution in [3.8, 4) is 11.3 Å². The molecule has 1 unspecified atom stereocenters. The number of hydrogen-bond acceptors (Lipinski definition) is 2. The van der Waals surface area contributed by atoms with Crippen molar-refractivity contribution in [1.29, 1.82) is 0 Å². The van der Waals surface area contributed by atoms with Gasteiger partial charge in [-0.3, -0.25) is 9.20 Å². The minimum atomic E-state index is 0.0159. The van der Waals surface area contributed by atoms with Crippen molar-refractivity contribution in [2.24, 2.45) is 0 Å². The molecule has 1 amide bonds. The molecule has 24 heavy (non-hydrogen) atoms. The van der Waals surface area contributed by atoms with E-state index in [2.05, 4.69) is 40.6 Å². The van der Waals surface area contributed by atoms with Gasteiger partial charge in [-0.25, -0.2) is 4.98 Å². The van der Waals surface area contributed by atoms with Crippen LogP contribution in [0.4, 0.5) is 0 Å². The first kappa shape index (κ1) is 16.7. The first-order valence-corrected chi connectivity index (χ1v) is 8.81. The highest BCUT2D eigenvalue weighted by Crippen LogP contribution is 2.29. The zero-order valence-electron chi connectivity index (χ0n) is 14.3. The maximum absolute atomic E-state index is 12.5. The maximum Gasteiger partial charge on any atom is 0.273 e. The van der Waals surface area contributed by atoms with Crippen LogP contribution in [0.2, 0.25) is 0 Å². The molecule has 0 bridgehead atoms. The Labute approximate surface area is 144 Å². The van der Waals surface area contributed by atoms with Crippen molar-refractivity contribution in [1.82, 2.24) is 14.1 Å². The van der Waals surface area contributed by atoms with Crippen molar-refractivity contribution < 1.29 is 4.79 Å². The summed E-state index contributed by atoms with van der Waals surface area (Å²) < 4.78 is 3.70. The third-order valence-corrected chi connectivity index (χ3v) is 4.63. The lowest BCUT2D eigenvalue weighted by Gasteiger charge is -2.13. The molecule has 2 aromatic heterocycles. The quantitative estimate of drug-likeness (QED) is 0.625. The number of hydrogen-bond donors (Lipinski definition) is 0. The summed E-state index contributed by atoms with van der Waals surface area (Å²) in [7, 11) is 2.52. The lowest BCUT2D eigenvalue weighted by molar-refractivity contribution is 0.0870. The number of pyridine rings is 1. The highest BCUT2D eigenvalue weighted by Gasteiger charge is 2.24. The summed E-state index contributed by atoms with van der Waals surface area (Å²) in [5.41, 5.74) is 5.90. The van der Waals surface area contributed by atoms with E-state index in [1.165, 1.54) is 5.56 Å². The third kappa shape index (κ3) is 2.71. The zero-order valence-corrected chi connectivity index (χ0v) is 15.4. The van der Waals surface area contributed by atoms with Crippen LogP contribution in [-0.4, -0.2) is 26.5 Å². The minimum Gasteiger partial charge on any atom is -0.322 e. The van der Waals surface area contributed by atoms with Gasteiger partial charge in [0.15, 0.2) is 0 Å². The average molecular weight is 339 g/mol. The normalized spacial score (nSPS) is 13.5. The molecule has 0 N–H and O–H groups in total. The number of rotatable bonds is 1. The van der Waals surface area contributed by atoms with E-state index in [1.54, 1.807) is 4.67 Å². The van der Waals surface area contributed by atoms with Crippen molar-refractivity contribution in [3.63, 3.8) is 0 Å². The number of imidazole rings is 1. The molecule has 3 aromatic rings. The Balaban J connectivity index is 0.000000815. The van der Waals surface area contributed by atoms with Crippen LogP contribution in [0, 0.1) is 6.92 Å². The minimum absolute atomic E-state index is 0.0159. The van der Waals surface area contributed by atoms with Gasteiger partial charge in [0.25, 0.3) is 5.91 Å². The second-order valence-corrected chi connectivity index (χ2v) is 6.25. The number of nitrogens with zero attached hydrogens (tertiary/aromatic N) is 3. The van der Waals surface area contributed by atoms with Crippen LogP contribution in [0.15, 0.2) is 42.5 Å². The van der Waals surface area contributed by atoms with Crippen molar-refractivity contribution in [2.75, 3.05) is 6.54 Å². The number of aromatic nitrogens is 2. The Morgan fingerprint density at radius 3 is 2.50 bits per heavy atom. The smallest absolute Gasteiger partial charge is 0.273 e. The molecule has 0 saturated carbocycles. The molecule has 0 radical (unpaired) electrons. The van der Waals surface area contributed by atoms with E-state index in [9.17, 15) is 4.79 Å². The summed E-state index contributed by atoms with van der Waals surface area (Å²) in [6, 6.07) is 14.1. The van der Waals surface area contributed by atoms with Gasteiger partial charge in [0.1, 0.15) is 11.3 Å². The first-order valence-electron chi connectivity index (χ1n) is 8.29. The molecule has 1 aliphatic heterocycles. The summed E-state index contributed by atoms with van der Waals surface area (Å²) in [5.74, 6) is 0.0159. The second kappa shape index (κ2) is 6.74. The highest BCUT2D eigenvalue weighted by atomic mass is 31.0. The van der Waals surface area contributed by atoms with E-state index in [-0.39, 0.29) is 5.91 Å². The molecule has 1 aliphatic rings. The zero-order chi connectivity index (χ0) is 17.3. The van der Waals surface area contributed by atoms with E-state index in [1.807, 2.05) is 36.4 Å². The lowest BCUT2D eigenvalue weighted by atomic mass is 10.1. The molecule has 4 rings (SSSR count). The van der Waals surface area contributed by atoms with Gasteiger partial charge in [0.05, 0.1) is 11.4 Å². The number of amides is 1. The molecule has 0 fully saturated rings. The van der Waals surface area contributed by atoms with Gasteiger partial charge < -0.3 is 4.67 Å². The van der Waals surface area contributed by atoms with E-state index in [0.717, 1.165) is 29.0 Å². The number of carbonyl (C=O) groups is 1.